The molecule has 1 heterocycles. The maximum Gasteiger partial charge on any atom is 0.292 e. The number of nitrogens with zero attached hydrogens (tertiary/aromatic N) is 3. The molecule has 1 fully saturated rings. The molecule has 0 saturated heterocycles. The van der Waals surface area contributed by atoms with Crippen LogP contribution in [0.5, 0.6) is 11.5 Å². The average molecular weight is 356 g/mol. The molecule has 136 valence electrons. The normalized spacial score (nSPS) is 30.5. The number of aliphatic imine (C=N–C) groups is 1. The van der Waals surface area contributed by atoms with Gasteiger partial charge in [-0.15, -0.1) is 0 Å². The van der Waals surface area contributed by atoms with Gasteiger partial charge in [0.1, 0.15) is 11.3 Å². The summed E-state index contributed by atoms with van der Waals surface area (Å²) in [6, 6.07) is 9.69. The predicted octanol–water partition coefficient (Wildman–Crippen LogP) is 1.53. The van der Waals surface area contributed by atoms with Gasteiger partial charge in [-0.05, 0) is 24.6 Å². The minimum atomic E-state index is -1.64. The molecular weight excluding hydrogens is 336 g/mol. The summed E-state index contributed by atoms with van der Waals surface area (Å²) >= 11 is 0. The second kappa shape index (κ2) is 5.87. The van der Waals surface area contributed by atoms with Gasteiger partial charge in [-0.2, -0.15) is 10.5 Å². The Morgan fingerprint density at radius 2 is 1.85 bits per heavy atom. The Morgan fingerprint density at radius 3 is 2.35 bits per heavy atom. The summed E-state index contributed by atoms with van der Waals surface area (Å²) < 4.78 is 21.8. The third-order valence-corrected chi connectivity index (χ3v) is 5.30. The minimum Gasteiger partial charge on any atom is -0.493 e. The molecule has 0 unspecified atom stereocenters. The van der Waals surface area contributed by atoms with Crippen LogP contribution in [0.1, 0.15) is 18.4 Å². The fourth-order valence-corrected chi connectivity index (χ4v) is 4.16. The fourth-order valence-electron chi connectivity index (χ4n) is 4.16. The monoisotopic (exact) mass is 356 g/mol. The SMILES string of the molecule is CCOc1ccc([C@H]2[C@]3(C#N)C(N)=NC(OC)(OC)[C@]23C#N)cc1OC. The van der Waals surface area contributed by atoms with Crippen LogP contribution in [0.25, 0.3) is 0 Å². The Balaban J connectivity index is 2.18. The highest BCUT2D eigenvalue weighted by Gasteiger charge is 2.93. The minimum absolute atomic E-state index is 0.0306. The van der Waals surface area contributed by atoms with Crippen LogP contribution < -0.4 is 15.2 Å². The Kier molecular flexibility index (Phi) is 4.06. The van der Waals surface area contributed by atoms with E-state index in [2.05, 4.69) is 17.1 Å². The molecule has 2 N–H and O–H groups in total. The van der Waals surface area contributed by atoms with Crippen LogP contribution in [0, 0.1) is 33.5 Å². The van der Waals surface area contributed by atoms with Gasteiger partial charge >= 0.3 is 0 Å². The molecule has 0 radical (unpaired) electrons. The Morgan fingerprint density at radius 1 is 1.15 bits per heavy atom. The molecule has 8 nitrogen and oxygen atoms in total. The first-order valence-corrected chi connectivity index (χ1v) is 8.07. The molecule has 1 aromatic carbocycles. The van der Waals surface area contributed by atoms with Crippen molar-refractivity contribution in [1.82, 2.24) is 0 Å². The summed E-state index contributed by atoms with van der Waals surface area (Å²) in [5.74, 6) is -1.10. The summed E-state index contributed by atoms with van der Waals surface area (Å²) in [5.41, 5.74) is 4.07. The van der Waals surface area contributed by atoms with Gasteiger partial charge in [0.15, 0.2) is 16.9 Å². The number of amidine groups is 1. The van der Waals surface area contributed by atoms with Gasteiger partial charge in [0.05, 0.1) is 25.9 Å². The van der Waals surface area contributed by atoms with E-state index in [9.17, 15) is 10.5 Å². The highest BCUT2D eigenvalue weighted by Crippen LogP contribution is 2.81. The Labute approximate surface area is 151 Å². The maximum absolute atomic E-state index is 10.0. The molecule has 1 aliphatic heterocycles. The molecule has 0 spiro atoms. The van der Waals surface area contributed by atoms with Gasteiger partial charge in [-0.25, -0.2) is 4.99 Å². The number of benzene rings is 1. The summed E-state index contributed by atoms with van der Waals surface area (Å²) in [4.78, 5) is 4.19. The Bertz CT molecular complexity index is 852. The molecular formula is C18H20N4O4. The van der Waals surface area contributed by atoms with E-state index in [-0.39, 0.29) is 5.84 Å². The first kappa shape index (κ1) is 18.0. The topological polar surface area (TPSA) is 123 Å². The van der Waals surface area contributed by atoms with E-state index >= 15 is 0 Å². The van der Waals surface area contributed by atoms with Crippen molar-refractivity contribution in [2.75, 3.05) is 27.9 Å². The van der Waals surface area contributed by atoms with Gasteiger partial charge < -0.3 is 24.7 Å². The highest BCUT2D eigenvalue weighted by molar-refractivity contribution is 6.00. The van der Waals surface area contributed by atoms with Crippen molar-refractivity contribution < 1.29 is 18.9 Å². The van der Waals surface area contributed by atoms with E-state index in [4.69, 9.17) is 24.7 Å². The lowest BCUT2D eigenvalue weighted by Gasteiger charge is -2.29. The van der Waals surface area contributed by atoms with E-state index in [0.717, 1.165) is 0 Å². The second-order valence-electron chi connectivity index (χ2n) is 6.10. The summed E-state index contributed by atoms with van der Waals surface area (Å²) in [6.45, 7) is 2.36. The molecule has 0 amide bonds. The second-order valence-corrected chi connectivity index (χ2v) is 6.10. The van der Waals surface area contributed by atoms with Crippen LogP contribution in [-0.2, 0) is 9.47 Å². The molecule has 2 aliphatic rings. The number of methoxy groups -OCH3 is 3. The smallest absolute Gasteiger partial charge is 0.292 e. The van der Waals surface area contributed by atoms with Crippen molar-refractivity contribution in [2.24, 2.45) is 21.6 Å². The van der Waals surface area contributed by atoms with E-state index in [1.807, 2.05) is 6.92 Å². The van der Waals surface area contributed by atoms with E-state index < -0.39 is 22.7 Å². The molecule has 8 heteroatoms. The number of hydrogen-bond donors (Lipinski definition) is 1. The quantitative estimate of drug-likeness (QED) is 0.767. The predicted molar refractivity (Wildman–Crippen MR) is 91.4 cm³/mol. The number of nitrogens with two attached hydrogens (primary N) is 1. The zero-order valence-electron chi connectivity index (χ0n) is 15.1. The zero-order valence-corrected chi connectivity index (χ0v) is 15.1. The van der Waals surface area contributed by atoms with Gasteiger partial charge in [0, 0.05) is 20.1 Å². The van der Waals surface area contributed by atoms with Crippen LogP contribution in [-0.4, -0.2) is 39.7 Å². The molecule has 0 bridgehead atoms. The maximum atomic E-state index is 10.0. The number of hydrogen-bond acceptors (Lipinski definition) is 8. The van der Waals surface area contributed by atoms with Gasteiger partial charge in [0.2, 0.25) is 0 Å². The van der Waals surface area contributed by atoms with E-state index in [1.165, 1.54) is 21.3 Å². The van der Waals surface area contributed by atoms with Gasteiger partial charge in [-0.1, -0.05) is 6.07 Å². The first-order chi connectivity index (χ1) is 12.5. The van der Waals surface area contributed by atoms with Crippen molar-refractivity contribution in [2.45, 2.75) is 18.8 Å². The number of rotatable bonds is 6. The molecule has 1 aromatic rings. The van der Waals surface area contributed by atoms with Crippen molar-refractivity contribution in [3.8, 4) is 23.6 Å². The lowest BCUT2D eigenvalue weighted by Crippen LogP contribution is -2.41. The van der Waals surface area contributed by atoms with E-state index in [0.29, 0.717) is 23.7 Å². The fraction of sp³-hybridized carbons (Fsp3) is 0.500. The third kappa shape index (κ3) is 1.75. The van der Waals surface area contributed by atoms with Crippen molar-refractivity contribution in [3.05, 3.63) is 23.8 Å². The van der Waals surface area contributed by atoms with Crippen molar-refractivity contribution >= 4 is 5.84 Å². The number of ether oxygens (including phenoxy) is 4. The third-order valence-electron chi connectivity index (χ3n) is 5.30. The average Bonchev–Trinajstić information content (AvgIpc) is 3.24. The first-order valence-electron chi connectivity index (χ1n) is 8.07. The van der Waals surface area contributed by atoms with Crippen molar-refractivity contribution in [1.29, 1.82) is 10.5 Å². The van der Waals surface area contributed by atoms with Gasteiger partial charge in [-0.3, -0.25) is 0 Å². The highest BCUT2D eigenvalue weighted by atomic mass is 16.7. The molecule has 3 atom stereocenters. The molecule has 0 aromatic heterocycles. The lowest BCUT2D eigenvalue weighted by atomic mass is 9.93. The largest absolute Gasteiger partial charge is 0.493 e. The lowest BCUT2D eigenvalue weighted by molar-refractivity contribution is -0.230. The molecule has 26 heavy (non-hydrogen) atoms. The van der Waals surface area contributed by atoms with E-state index in [1.54, 1.807) is 18.2 Å². The summed E-state index contributed by atoms with van der Waals surface area (Å²) in [6.07, 6.45) is 0. The number of fused-ring (bicyclic) bond motifs is 1. The summed E-state index contributed by atoms with van der Waals surface area (Å²) in [7, 11) is 4.28. The van der Waals surface area contributed by atoms with Crippen LogP contribution in [0.4, 0.5) is 0 Å². The standard InChI is InChI=1S/C18H20N4O4/c1-5-26-12-7-6-11(8-13(12)23-2)14-16(9-19)15(21)22-18(24-3,25-4)17(14,16)10-20/h6-8,14H,5H2,1-4H3,(H2,21,22)/t14-,16+,17+/m0/s1. The molecule has 1 saturated carbocycles. The van der Waals surface area contributed by atoms with Crippen LogP contribution in [0.15, 0.2) is 23.2 Å². The van der Waals surface area contributed by atoms with Crippen LogP contribution in [0.2, 0.25) is 0 Å². The van der Waals surface area contributed by atoms with Crippen LogP contribution in [0.3, 0.4) is 0 Å². The zero-order chi connectivity index (χ0) is 19.2. The molecule has 3 rings (SSSR count). The van der Waals surface area contributed by atoms with Crippen LogP contribution >= 0.6 is 0 Å². The summed E-state index contributed by atoms with van der Waals surface area (Å²) in [5, 5.41) is 20.0. The Hall–Kier alpha value is -2.81. The van der Waals surface area contributed by atoms with Crippen molar-refractivity contribution in [3.63, 3.8) is 0 Å². The molecule has 1 aliphatic carbocycles. The number of nitriles is 2. The van der Waals surface area contributed by atoms with Gasteiger partial charge in [0.25, 0.3) is 5.91 Å².